The number of rotatable bonds is 3. The Labute approximate surface area is 187 Å². The zero-order chi connectivity index (χ0) is 23.4. The van der Waals surface area contributed by atoms with E-state index in [0.717, 1.165) is 23.7 Å². The third-order valence-corrected chi connectivity index (χ3v) is 6.44. The molecule has 0 aromatic carbocycles. The van der Waals surface area contributed by atoms with Crippen molar-refractivity contribution in [1.82, 2.24) is 30.0 Å². The first-order valence-corrected chi connectivity index (χ1v) is 10.5. The first kappa shape index (κ1) is 21.2. The average molecular weight is 457 g/mol. The van der Waals surface area contributed by atoms with Crippen molar-refractivity contribution in [2.75, 3.05) is 18.8 Å². The van der Waals surface area contributed by atoms with Gasteiger partial charge in [0.2, 0.25) is 0 Å². The molecule has 3 aromatic rings. The van der Waals surface area contributed by atoms with Crippen LogP contribution in [0.15, 0.2) is 42.9 Å². The van der Waals surface area contributed by atoms with Crippen molar-refractivity contribution in [3.8, 4) is 11.3 Å². The van der Waals surface area contributed by atoms with Gasteiger partial charge in [0.15, 0.2) is 0 Å². The Morgan fingerprint density at radius 2 is 2.06 bits per heavy atom. The smallest absolute Gasteiger partial charge is 0.383 e. The molecule has 1 saturated heterocycles. The number of halogens is 3. The van der Waals surface area contributed by atoms with E-state index in [0.29, 0.717) is 25.3 Å². The SMILES string of the molecule is CC(NC(=O)N1CC2(CCn3nc(-c4cnc(N)c(C(F)(F)F)c4)cc32)C1)c1cccnc1. The van der Waals surface area contributed by atoms with E-state index in [1.165, 1.54) is 6.20 Å². The van der Waals surface area contributed by atoms with Crippen LogP contribution in [0.25, 0.3) is 11.3 Å². The van der Waals surface area contributed by atoms with Crippen molar-refractivity contribution < 1.29 is 18.0 Å². The van der Waals surface area contributed by atoms with Crippen molar-refractivity contribution in [2.24, 2.45) is 0 Å². The fourth-order valence-corrected chi connectivity index (χ4v) is 4.59. The zero-order valence-corrected chi connectivity index (χ0v) is 17.8. The topological polar surface area (TPSA) is 102 Å². The number of alkyl halides is 3. The third-order valence-electron chi connectivity index (χ3n) is 6.44. The number of likely N-dealkylation sites (tertiary alicyclic amines) is 1. The molecule has 33 heavy (non-hydrogen) atoms. The van der Waals surface area contributed by atoms with E-state index in [-0.39, 0.29) is 23.1 Å². The number of carbonyl (C=O) groups is 1. The molecule has 5 heterocycles. The quantitative estimate of drug-likeness (QED) is 0.628. The molecule has 0 aliphatic carbocycles. The van der Waals surface area contributed by atoms with Gasteiger partial charge in [0.05, 0.1) is 17.3 Å². The number of nitrogens with one attached hydrogen (secondary N) is 1. The largest absolute Gasteiger partial charge is 0.419 e. The lowest BCUT2D eigenvalue weighted by atomic mass is 9.76. The number of carbonyl (C=O) groups excluding carboxylic acids is 1. The first-order chi connectivity index (χ1) is 15.7. The van der Waals surface area contributed by atoms with Crippen molar-refractivity contribution in [3.05, 3.63) is 59.7 Å². The molecule has 1 fully saturated rings. The molecule has 0 radical (unpaired) electrons. The number of nitrogen functional groups attached to an aromatic ring is 1. The Hall–Kier alpha value is -3.63. The van der Waals surface area contributed by atoms with Crippen LogP contribution in [0, 0.1) is 0 Å². The molecule has 11 heteroatoms. The van der Waals surface area contributed by atoms with E-state index >= 15 is 0 Å². The van der Waals surface area contributed by atoms with E-state index in [9.17, 15) is 18.0 Å². The summed E-state index contributed by atoms with van der Waals surface area (Å²) in [6.45, 7) is 3.59. The highest BCUT2D eigenvalue weighted by atomic mass is 19.4. The summed E-state index contributed by atoms with van der Waals surface area (Å²) in [7, 11) is 0. The molecule has 1 atom stereocenters. The van der Waals surface area contributed by atoms with Gasteiger partial charge in [0, 0.05) is 54.9 Å². The lowest BCUT2D eigenvalue weighted by molar-refractivity contribution is -0.137. The molecule has 1 spiro atoms. The maximum Gasteiger partial charge on any atom is 0.419 e. The van der Waals surface area contributed by atoms with Gasteiger partial charge in [-0.3, -0.25) is 9.67 Å². The molecule has 3 N–H and O–H groups in total. The highest BCUT2D eigenvalue weighted by molar-refractivity contribution is 5.76. The van der Waals surface area contributed by atoms with E-state index in [4.69, 9.17) is 5.73 Å². The molecule has 1 unspecified atom stereocenters. The number of hydrogen-bond acceptors (Lipinski definition) is 5. The standard InChI is InChI=1S/C22H22F3N7O/c1-13(14-3-2-5-27-9-14)29-20(33)31-11-21(12-31)4-6-32-18(21)8-17(30-32)15-7-16(22(23,24)25)19(26)28-10-15/h2-3,5,7-10,13H,4,6,11-12H2,1H3,(H2,26,28)(H,29,33). The molecule has 2 aliphatic rings. The zero-order valence-electron chi connectivity index (χ0n) is 17.8. The summed E-state index contributed by atoms with van der Waals surface area (Å²) < 4.78 is 41.5. The summed E-state index contributed by atoms with van der Waals surface area (Å²) in [5, 5.41) is 7.47. The van der Waals surface area contributed by atoms with Gasteiger partial charge < -0.3 is 16.0 Å². The number of pyridine rings is 2. The fourth-order valence-electron chi connectivity index (χ4n) is 4.59. The van der Waals surface area contributed by atoms with Gasteiger partial charge in [-0.1, -0.05) is 6.07 Å². The number of aromatic nitrogens is 4. The number of hydrogen-bond donors (Lipinski definition) is 2. The van der Waals surface area contributed by atoms with Crippen molar-refractivity contribution in [2.45, 2.75) is 37.5 Å². The maximum absolute atomic E-state index is 13.2. The summed E-state index contributed by atoms with van der Waals surface area (Å²) in [4.78, 5) is 22.2. The molecule has 0 saturated carbocycles. The minimum atomic E-state index is -4.59. The van der Waals surface area contributed by atoms with E-state index in [1.807, 2.05) is 23.7 Å². The van der Waals surface area contributed by atoms with E-state index in [2.05, 4.69) is 20.4 Å². The van der Waals surface area contributed by atoms with Crippen LogP contribution in [0.5, 0.6) is 0 Å². The van der Waals surface area contributed by atoms with Gasteiger partial charge in [-0.25, -0.2) is 9.78 Å². The second-order valence-electron chi connectivity index (χ2n) is 8.64. The number of nitrogens with zero attached hydrogens (tertiary/aromatic N) is 5. The van der Waals surface area contributed by atoms with Crippen LogP contribution in [0.3, 0.4) is 0 Å². The summed E-state index contributed by atoms with van der Waals surface area (Å²) in [5.74, 6) is -0.560. The molecule has 2 amide bonds. The molecule has 3 aromatic heterocycles. The fraction of sp³-hybridized carbons (Fsp3) is 0.364. The summed E-state index contributed by atoms with van der Waals surface area (Å²) in [5.41, 5.74) is 6.70. The van der Waals surface area contributed by atoms with Crippen molar-refractivity contribution in [3.63, 3.8) is 0 Å². The van der Waals surface area contributed by atoms with Crippen LogP contribution in [0.4, 0.5) is 23.8 Å². The maximum atomic E-state index is 13.2. The van der Waals surface area contributed by atoms with Gasteiger partial charge in [-0.05, 0) is 37.1 Å². The predicted molar refractivity (Wildman–Crippen MR) is 114 cm³/mol. The minimum absolute atomic E-state index is 0.160. The Kier molecular flexibility index (Phi) is 4.80. The Bertz CT molecular complexity index is 1200. The van der Waals surface area contributed by atoms with Gasteiger partial charge >= 0.3 is 12.2 Å². The number of urea groups is 1. The highest BCUT2D eigenvalue weighted by Gasteiger charge is 2.51. The van der Waals surface area contributed by atoms with Gasteiger partial charge in [-0.15, -0.1) is 0 Å². The predicted octanol–water partition coefficient (Wildman–Crippen LogP) is 3.37. The number of nitrogens with two attached hydrogens (primary N) is 1. The van der Waals surface area contributed by atoms with Crippen LogP contribution < -0.4 is 11.1 Å². The summed E-state index contributed by atoms with van der Waals surface area (Å²) in [6.07, 6.45) is 0.932. The van der Waals surface area contributed by atoms with Gasteiger partial charge in [0.25, 0.3) is 0 Å². The molecular weight excluding hydrogens is 435 g/mol. The molecule has 172 valence electrons. The monoisotopic (exact) mass is 457 g/mol. The average Bonchev–Trinajstić information content (AvgIpc) is 3.32. The van der Waals surface area contributed by atoms with Crippen LogP contribution >= 0.6 is 0 Å². The van der Waals surface area contributed by atoms with Crippen LogP contribution in [-0.4, -0.2) is 43.8 Å². The Balaban J connectivity index is 1.31. The number of amides is 2. The molecule has 5 rings (SSSR count). The highest BCUT2D eigenvalue weighted by Crippen LogP contribution is 2.44. The Morgan fingerprint density at radius 1 is 1.27 bits per heavy atom. The second-order valence-corrected chi connectivity index (χ2v) is 8.64. The third kappa shape index (κ3) is 3.66. The van der Waals surface area contributed by atoms with Crippen LogP contribution in [-0.2, 0) is 18.1 Å². The van der Waals surface area contributed by atoms with Crippen molar-refractivity contribution >= 4 is 11.8 Å². The van der Waals surface area contributed by atoms with Crippen LogP contribution in [0.1, 0.15) is 36.2 Å². The van der Waals surface area contributed by atoms with Gasteiger partial charge in [0.1, 0.15) is 5.82 Å². The summed E-state index contributed by atoms with van der Waals surface area (Å²) >= 11 is 0. The number of fused-ring (bicyclic) bond motifs is 2. The molecule has 0 bridgehead atoms. The van der Waals surface area contributed by atoms with Crippen molar-refractivity contribution in [1.29, 1.82) is 0 Å². The molecular formula is C22H22F3N7O. The van der Waals surface area contributed by atoms with E-state index in [1.54, 1.807) is 23.4 Å². The Morgan fingerprint density at radius 3 is 2.76 bits per heavy atom. The first-order valence-electron chi connectivity index (χ1n) is 10.5. The van der Waals surface area contributed by atoms with E-state index < -0.39 is 17.6 Å². The van der Waals surface area contributed by atoms with Gasteiger partial charge in [-0.2, -0.15) is 18.3 Å². The van der Waals surface area contributed by atoms with Crippen LogP contribution in [0.2, 0.25) is 0 Å². The lowest BCUT2D eigenvalue weighted by Crippen LogP contribution is -2.62. The normalized spacial score (nSPS) is 17.5. The number of anilines is 1. The minimum Gasteiger partial charge on any atom is -0.383 e. The second kappa shape index (κ2) is 7.46. The summed E-state index contributed by atoms with van der Waals surface area (Å²) in [6, 6.07) is 6.17. The number of aryl methyl sites for hydroxylation is 1. The molecule has 8 nitrogen and oxygen atoms in total. The lowest BCUT2D eigenvalue weighted by Gasteiger charge is -2.47. The molecule has 2 aliphatic heterocycles.